The molecule has 0 amide bonds. The summed E-state index contributed by atoms with van der Waals surface area (Å²) in [5, 5.41) is 10.6. The third-order valence-corrected chi connectivity index (χ3v) is 9.19. The van der Waals surface area contributed by atoms with Crippen molar-refractivity contribution < 1.29 is 17.7 Å². The summed E-state index contributed by atoms with van der Waals surface area (Å²) in [6, 6.07) is 5.71. The van der Waals surface area contributed by atoms with Crippen LogP contribution in [0.4, 0.5) is 0 Å². The number of aliphatic hydroxyl groups excluding tert-OH is 1. The highest BCUT2D eigenvalue weighted by Crippen LogP contribution is 2.80. The lowest BCUT2D eigenvalue weighted by Gasteiger charge is -2.48. The molecule has 5 atom stereocenters. The molecule has 5 rings (SSSR count). The summed E-state index contributed by atoms with van der Waals surface area (Å²) >= 11 is 0. The van der Waals surface area contributed by atoms with E-state index in [9.17, 15) is 13.5 Å². The van der Waals surface area contributed by atoms with E-state index in [0.29, 0.717) is 17.6 Å². The van der Waals surface area contributed by atoms with Crippen LogP contribution in [0.25, 0.3) is 0 Å². The highest BCUT2D eigenvalue weighted by atomic mass is 32.2. The second-order valence-electron chi connectivity index (χ2n) is 9.18. The lowest BCUT2D eigenvalue weighted by atomic mass is 9.56. The van der Waals surface area contributed by atoms with Crippen LogP contribution in [0, 0.1) is 16.7 Å². The van der Waals surface area contributed by atoms with Crippen LogP contribution in [0.3, 0.4) is 0 Å². The normalized spacial score (nSPS) is 39.1. The highest BCUT2D eigenvalue weighted by Gasteiger charge is 2.75. The molecule has 4 aliphatic rings. The molecular weight excluding hydrogens is 362 g/mol. The predicted octanol–water partition coefficient (Wildman–Crippen LogP) is 3.01. The van der Waals surface area contributed by atoms with E-state index in [0.717, 1.165) is 35.6 Å². The number of fused-ring (bicyclic) bond motifs is 3. The van der Waals surface area contributed by atoms with Gasteiger partial charge in [-0.25, -0.2) is 0 Å². The summed E-state index contributed by atoms with van der Waals surface area (Å²) in [7, 11) is -0.817. The summed E-state index contributed by atoms with van der Waals surface area (Å²) in [5.74, 6) is 1.41. The summed E-state index contributed by atoms with van der Waals surface area (Å²) in [6.07, 6.45) is 7.28. The number of hydrogen-bond donors (Lipinski definition) is 1. The number of aliphatic hydroxyl groups is 1. The minimum atomic E-state index is -3.74. The molecule has 0 aliphatic heterocycles. The molecule has 4 aliphatic carbocycles. The molecule has 27 heavy (non-hydrogen) atoms. The van der Waals surface area contributed by atoms with E-state index in [2.05, 4.69) is 19.1 Å². The van der Waals surface area contributed by atoms with Crippen LogP contribution in [-0.2, 0) is 16.7 Å². The summed E-state index contributed by atoms with van der Waals surface area (Å²) in [5.41, 5.74) is 4.24. The molecule has 0 aromatic heterocycles. The van der Waals surface area contributed by atoms with Gasteiger partial charge >= 0.3 is 10.3 Å². The summed E-state index contributed by atoms with van der Waals surface area (Å²) < 4.78 is 30.3. The zero-order valence-electron chi connectivity index (χ0n) is 16.1. The van der Waals surface area contributed by atoms with Gasteiger partial charge in [-0.1, -0.05) is 24.6 Å². The van der Waals surface area contributed by atoms with Crippen LogP contribution in [0.5, 0.6) is 5.75 Å². The van der Waals surface area contributed by atoms with Crippen LogP contribution in [0.15, 0.2) is 29.8 Å². The van der Waals surface area contributed by atoms with E-state index >= 15 is 0 Å². The zero-order valence-corrected chi connectivity index (χ0v) is 16.9. The minimum Gasteiger partial charge on any atom is -0.393 e. The Hall–Kier alpha value is -1.37. The SMILES string of the molecule is CN(C)S(=O)(=O)Oc1ccc2c(c1)CC=C1[C@@H]2CC[C@]2(C)[C@@H](O)C[C@@H]3C[C@@]132. The second-order valence-corrected chi connectivity index (χ2v) is 10.9. The average Bonchev–Trinajstić information content (AvgIpc) is 3.26. The van der Waals surface area contributed by atoms with Crippen molar-refractivity contribution in [3.63, 3.8) is 0 Å². The van der Waals surface area contributed by atoms with Crippen molar-refractivity contribution in [2.75, 3.05) is 14.1 Å². The van der Waals surface area contributed by atoms with Crippen molar-refractivity contribution in [2.24, 2.45) is 16.7 Å². The van der Waals surface area contributed by atoms with E-state index in [4.69, 9.17) is 4.18 Å². The average molecular weight is 390 g/mol. The van der Waals surface area contributed by atoms with Gasteiger partial charge in [-0.3, -0.25) is 0 Å². The number of rotatable bonds is 3. The number of benzene rings is 1. The molecule has 0 unspecified atom stereocenters. The van der Waals surface area contributed by atoms with Crippen LogP contribution in [0.1, 0.15) is 49.7 Å². The molecule has 6 heteroatoms. The Bertz CT molecular complexity index is 953. The Kier molecular flexibility index (Phi) is 3.52. The van der Waals surface area contributed by atoms with Gasteiger partial charge in [-0.2, -0.15) is 12.7 Å². The van der Waals surface area contributed by atoms with Crippen molar-refractivity contribution in [2.45, 2.75) is 51.0 Å². The maximum atomic E-state index is 12.0. The first-order chi connectivity index (χ1) is 12.7. The first-order valence-corrected chi connectivity index (χ1v) is 11.2. The molecule has 0 heterocycles. The third kappa shape index (κ3) is 2.21. The van der Waals surface area contributed by atoms with Crippen LogP contribution in [0.2, 0.25) is 0 Å². The number of allylic oxidation sites excluding steroid dienone is 2. The maximum absolute atomic E-state index is 12.0. The Morgan fingerprint density at radius 2 is 2.07 bits per heavy atom. The van der Waals surface area contributed by atoms with Gasteiger partial charge < -0.3 is 9.29 Å². The Labute approximate surface area is 161 Å². The Morgan fingerprint density at radius 1 is 1.30 bits per heavy atom. The van der Waals surface area contributed by atoms with Gasteiger partial charge in [-0.15, -0.1) is 0 Å². The van der Waals surface area contributed by atoms with Crippen molar-refractivity contribution in [1.82, 2.24) is 4.31 Å². The largest absolute Gasteiger partial charge is 0.393 e. The minimum absolute atomic E-state index is 0.0281. The second kappa shape index (κ2) is 5.37. The van der Waals surface area contributed by atoms with Crippen LogP contribution >= 0.6 is 0 Å². The van der Waals surface area contributed by atoms with Gasteiger partial charge in [0.1, 0.15) is 5.75 Å². The van der Waals surface area contributed by atoms with Gasteiger partial charge in [0, 0.05) is 30.8 Å². The number of hydrogen-bond acceptors (Lipinski definition) is 4. The molecular formula is C21H27NO4S. The lowest BCUT2D eigenvalue weighted by Crippen LogP contribution is -2.43. The van der Waals surface area contributed by atoms with E-state index < -0.39 is 10.3 Å². The van der Waals surface area contributed by atoms with Crippen molar-refractivity contribution in [1.29, 1.82) is 0 Å². The van der Waals surface area contributed by atoms with Crippen molar-refractivity contribution >= 4 is 10.3 Å². The van der Waals surface area contributed by atoms with Crippen molar-refractivity contribution in [3.05, 3.63) is 41.0 Å². The van der Waals surface area contributed by atoms with E-state index in [-0.39, 0.29) is 16.9 Å². The molecule has 3 saturated carbocycles. The maximum Gasteiger partial charge on any atom is 0.384 e. The molecule has 0 bridgehead atoms. The van der Waals surface area contributed by atoms with Gasteiger partial charge in [0.2, 0.25) is 0 Å². The van der Waals surface area contributed by atoms with Gasteiger partial charge in [0.15, 0.2) is 0 Å². The third-order valence-electron chi connectivity index (χ3n) is 7.89. The highest BCUT2D eigenvalue weighted by molar-refractivity contribution is 7.84. The molecule has 0 radical (unpaired) electrons. The van der Waals surface area contributed by atoms with Gasteiger partial charge in [-0.05, 0) is 61.3 Å². The topological polar surface area (TPSA) is 66.8 Å². The smallest absolute Gasteiger partial charge is 0.384 e. The van der Waals surface area contributed by atoms with Crippen LogP contribution < -0.4 is 4.18 Å². The first kappa shape index (κ1) is 17.7. The molecule has 1 aromatic carbocycles. The summed E-state index contributed by atoms with van der Waals surface area (Å²) in [4.78, 5) is 0. The monoisotopic (exact) mass is 389 g/mol. The molecule has 0 saturated heterocycles. The first-order valence-electron chi connectivity index (χ1n) is 9.82. The summed E-state index contributed by atoms with van der Waals surface area (Å²) in [6.45, 7) is 2.29. The quantitative estimate of drug-likeness (QED) is 0.807. The molecule has 3 fully saturated rings. The zero-order chi connectivity index (χ0) is 19.2. The fraction of sp³-hybridized carbons (Fsp3) is 0.619. The Balaban J connectivity index is 1.48. The van der Waals surface area contributed by atoms with E-state index in [1.807, 2.05) is 6.07 Å². The fourth-order valence-electron chi connectivity index (χ4n) is 6.34. The lowest BCUT2D eigenvalue weighted by molar-refractivity contribution is -0.000288. The fourth-order valence-corrected chi connectivity index (χ4v) is 6.83. The predicted molar refractivity (Wildman–Crippen MR) is 103 cm³/mol. The Morgan fingerprint density at radius 3 is 2.81 bits per heavy atom. The molecule has 1 aromatic rings. The van der Waals surface area contributed by atoms with E-state index in [1.54, 1.807) is 11.6 Å². The van der Waals surface area contributed by atoms with Crippen LogP contribution in [-0.4, -0.2) is 38.0 Å². The molecule has 1 spiro atoms. The molecule has 1 N–H and O–H groups in total. The van der Waals surface area contributed by atoms with Gasteiger partial charge in [0.05, 0.1) is 6.10 Å². The van der Waals surface area contributed by atoms with E-state index in [1.165, 1.54) is 26.1 Å². The number of nitrogens with zero attached hydrogens (tertiary/aromatic N) is 1. The van der Waals surface area contributed by atoms with Gasteiger partial charge in [0.25, 0.3) is 0 Å². The standard InChI is InChI=1S/C21H27NO4S/c1-20-9-8-17-16-6-5-15(26-27(24,25)22(2)3)10-13(16)4-7-18(17)21(20)12-14(21)11-19(20)23/h5-7,10,14,17,19,23H,4,8-9,11-12H2,1-3H3/t14-,17-,19+,20-,21+/m1/s1. The molecule has 146 valence electrons. The van der Waals surface area contributed by atoms with Crippen molar-refractivity contribution in [3.8, 4) is 5.75 Å². The molecule has 5 nitrogen and oxygen atoms in total.